The number of esters is 1. The topological polar surface area (TPSA) is 94.1 Å². The van der Waals surface area contributed by atoms with Crippen molar-refractivity contribution < 1.29 is 28.9 Å². The molecule has 0 saturated heterocycles. The molecule has 0 fully saturated rings. The summed E-state index contributed by atoms with van der Waals surface area (Å²) in [6, 6.07) is 12.4. The monoisotopic (exact) mass is 449 g/mol. The number of Topliss-reactive ketones (excluding diaryl/α,β-unsaturated/α-hetero) is 1. The second-order valence-corrected chi connectivity index (χ2v) is 8.22. The Kier molecular flexibility index (Phi) is 6.14. The number of phenolic OH excluding ortho intramolecular Hbond substituents is 1. The van der Waals surface area contributed by atoms with E-state index in [0.29, 0.717) is 46.7 Å². The molecule has 0 spiro atoms. The molecule has 1 aliphatic carbocycles. The third-order valence-corrected chi connectivity index (χ3v) is 6.32. The number of methoxy groups -OCH3 is 3. The van der Waals surface area contributed by atoms with Gasteiger partial charge in [-0.15, -0.1) is 0 Å². The van der Waals surface area contributed by atoms with Crippen LogP contribution < -0.4 is 14.8 Å². The summed E-state index contributed by atoms with van der Waals surface area (Å²) < 4.78 is 15.8. The number of nitrogens with one attached hydrogen (secondary N) is 1. The Morgan fingerprint density at radius 1 is 1.00 bits per heavy atom. The normalized spacial score (nSPS) is 20.2. The highest BCUT2D eigenvalue weighted by Crippen LogP contribution is 2.46. The Morgan fingerprint density at radius 3 is 2.42 bits per heavy atom. The smallest absolute Gasteiger partial charge is 0.336 e. The summed E-state index contributed by atoms with van der Waals surface area (Å²) in [4.78, 5) is 26.2. The van der Waals surface area contributed by atoms with E-state index < -0.39 is 11.9 Å². The molecule has 0 aromatic heterocycles. The summed E-state index contributed by atoms with van der Waals surface area (Å²) in [5.41, 5.74) is 3.98. The molecule has 4 rings (SSSR count). The first-order chi connectivity index (χ1) is 15.9. The summed E-state index contributed by atoms with van der Waals surface area (Å²) in [6.07, 6.45) is 0.885. The van der Waals surface area contributed by atoms with Crippen LogP contribution in [0.2, 0.25) is 0 Å². The number of hydrogen-bond donors (Lipinski definition) is 2. The lowest BCUT2D eigenvalue weighted by Gasteiger charge is -2.36. The van der Waals surface area contributed by atoms with Crippen LogP contribution in [0.25, 0.3) is 0 Å². The number of carbonyl (C=O) groups is 2. The molecule has 2 aromatic carbocycles. The van der Waals surface area contributed by atoms with Crippen molar-refractivity contribution in [1.29, 1.82) is 0 Å². The molecule has 7 heteroatoms. The van der Waals surface area contributed by atoms with Crippen LogP contribution in [-0.4, -0.2) is 38.2 Å². The number of benzene rings is 2. The lowest BCUT2D eigenvalue weighted by molar-refractivity contribution is -0.136. The fourth-order valence-electron chi connectivity index (χ4n) is 4.80. The third-order valence-electron chi connectivity index (χ3n) is 6.32. The van der Waals surface area contributed by atoms with Crippen molar-refractivity contribution >= 4 is 11.8 Å². The highest BCUT2D eigenvalue weighted by atomic mass is 16.5. The minimum absolute atomic E-state index is 0.0502. The van der Waals surface area contributed by atoms with Crippen molar-refractivity contribution in [2.24, 2.45) is 0 Å². The van der Waals surface area contributed by atoms with Gasteiger partial charge in [-0.3, -0.25) is 4.79 Å². The van der Waals surface area contributed by atoms with E-state index >= 15 is 0 Å². The lowest BCUT2D eigenvalue weighted by atomic mass is 9.71. The lowest BCUT2D eigenvalue weighted by Crippen LogP contribution is -2.36. The largest absolute Gasteiger partial charge is 0.508 e. The van der Waals surface area contributed by atoms with Gasteiger partial charge in [0.1, 0.15) is 5.75 Å². The number of carbonyl (C=O) groups excluding carboxylic acids is 2. The average Bonchev–Trinajstić information content (AvgIpc) is 2.82. The zero-order chi connectivity index (χ0) is 23.7. The van der Waals surface area contributed by atoms with Gasteiger partial charge in [0.05, 0.1) is 26.9 Å². The SMILES string of the molecule is COC(=O)C1=C(C)NC2=C(C(=O)C[C@@H](c3ccc(OC)c(OC)c3)C2)[C@H]1c1cccc(O)c1. The van der Waals surface area contributed by atoms with Crippen LogP contribution in [0.5, 0.6) is 17.2 Å². The van der Waals surface area contributed by atoms with Gasteiger partial charge in [0.2, 0.25) is 0 Å². The maximum absolute atomic E-state index is 13.5. The second-order valence-electron chi connectivity index (χ2n) is 8.22. The van der Waals surface area contributed by atoms with Gasteiger partial charge in [-0.2, -0.15) is 0 Å². The molecular formula is C26H27NO6. The van der Waals surface area contributed by atoms with Crippen molar-refractivity contribution in [3.05, 3.63) is 76.1 Å². The highest BCUT2D eigenvalue weighted by molar-refractivity contribution is 6.04. The molecule has 2 N–H and O–H groups in total. The zero-order valence-electron chi connectivity index (χ0n) is 19.1. The molecule has 2 atom stereocenters. The first kappa shape index (κ1) is 22.5. The second kappa shape index (κ2) is 9.02. The van der Waals surface area contributed by atoms with Gasteiger partial charge in [0.15, 0.2) is 17.3 Å². The van der Waals surface area contributed by atoms with Crippen molar-refractivity contribution in [2.45, 2.75) is 31.6 Å². The van der Waals surface area contributed by atoms with E-state index in [9.17, 15) is 14.7 Å². The number of allylic oxidation sites excluding steroid dienone is 3. The molecule has 7 nitrogen and oxygen atoms in total. The van der Waals surface area contributed by atoms with Crippen LogP contribution in [0, 0.1) is 0 Å². The number of ketones is 1. The van der Waals surface area contributed by atoms with Gasteiger partial charge >= 0.3 is 5.97 Å². The predicted molar refractivity (Wildman–Crippen MR) is 122 cm³/mol. The first-order valence-electron chi connectivity index (χ1n) is 10.7. The number of phenols is 1. The number of hydrogen-bond acceptors (Lipinski definition) is 7. The minimum atomic E-state index is -0.611. The van der Waals surface area contributed by atoms with E-state index in [1.54, 1.807) is 39.3 Å². The van der Waals surface area contributed by atoms with Crippen molar-refractivity contribution in [3.8, 4) is 17.2 Å². The van der Waals surface area contributed by atoms with E-state index in [0.717, 1.165) is 11.3 Å². The molecule has 0 amide bonds. The van der Waals surface area contributed by atoms with E-state index in [-0.39, 0.29) is 17.5 Å². The number of rotatable bonds is 5. The Bertz CT molecular complexity index is 1180. The molecular weight excluding hydrogens is 422 g/mol. The Labute approximate surface area is 192 Å². The Hall–Kier alpha value is -3.74. The molecule has 2 aromatic rings. The van der Waals surface area contributed by atoms with E-state index in [1.807, 2.05) is 24.3 Å². The highest BCUT2D eigenvalue weighted by Gasteiger charge is 2.41. The fourth-order valence-corrected chi connectivity index (χ4v) is 4.80. The number of aromatic hydroxyl groups is 1. The summed E-state index contributed by atoms with van der Waals surface area (Å²) in [5.74, 6) is 0.0903. The van der Waals surface area contributed by atoms with Crippen molar-refractivity contribution in [1.82, 2.24) is 5.32 Å². The van der Waals surface area contributed by atoms with E-state index in [2.05, 4.69) is 5.32 Å². The molecule has 0 unspecified atom stereocenters. The van der Waals surface area contributed by atoms with Crippen LogP contribution >= 0.6 is 0 Å². The van der Waals surface area contributed by atoms with Crippen molar-refractivity contribution in [2.75, 3.05) is 21.3 Å². The maximum Gasteiger partial charge on any atom is 0.336 e. The molecule has 0 bridgehead atoms. The van der Waals surface area contributed by atoms with Gasteiger partial charge in [-0.05, 0) is 54.7 Å². The van der Waals surface area contributed by atoms with Gasteiger partial charge in [0, 0.05) is 29.3 Å². The first-order valence-corrected chi connectivity index (χ1v) is 10.7. The fraction of sp³-hybridized carbons (Fsp3) is 0.308. The van der Waals surface area contributed by atoms with Crippen molar-refractivity contribution in [3.63, 3.8) is 0 Å². The molecule has 33 heavy (non-hydrogen) atoms. The van der Waals surface area contributed by atoms with Crippen LogP contribution in [0.1, 0.15) is 42.7 Å². The molecule has 2 aliphatic rings. The predicted octanol–water partition coefficient (Wildman–Crippen LogP) is 3.94. The quantitative estimate of drug-likeness (QED) is 0.668. The van der Waals surface area contributed by atoms with Crippen LogP contribution in [0.15, 0.2) is 65.0 Å². The molecule has 0 radical (unpaired) electrons. The number of dihydropyridines is 1. The number of ether oxygens (including phenoxy) is 3. The van der Waals surface area contributed by atoms with Gasteiger partial charge in [-0.25, -0.2) is 4.79 Å². The van der Waals surface area contributed by atoms with Gasteiger partial charge in [0.25, 0.3) is 0 Å². The molecule has 1 aliphatic heterocycles. The minimum Gasteiger partial charge on any atom is -0.508 e. The molecule has 1 heterocycles. The maximum atomic E-state index is 13.5. The van der Waals surface area contributed by atoms with Crippen LogP contribution in [0.3, 0.4) is 0 Å². The molecule has 172 valence electrons. The average molecular weight is 450 g/mol. The zero-order valence-corrected chi connectivity index (χ0v) is 19.1. The van der Waals surface area contributed by atoms with Gasteiger partial charge < -0.3 is 24.6 Å². The summed E-state index contributed by atoms with van der Waals surface area (Å²) in [5, 5.41) is 13.4. The Morgan fingerprint density at radius 2 is 1.76 bits per heavy atom. The van der Waals surface area contributed by atoms with Gasteiger partial charge in [-0.1, -0.05) is 18.2 Å². The Balaban J connectivity index is 1.78. The summed E-state index contributed by atoms with van der Waals surface area (Å²) in [7, 11) is 4.49. The standard InChI is InChI=1S/C26H27NO6/c1-14-23(26(30)33-4)24(16-6-5-7-18(28)10-16)25-19(27-14)11-17(12-20(25)29)15-8-9-21(31-2)22(13-15)32-3/h5-10,13,17,24,27-28H,11-12H2,1-4H3/t17-,24-/m0/s1. The molecule has 0 saturated carbocycles. The van der Waals surface area contributed by atoms with E-state index in [4.69, 9.17) is 14.2 Å². The third kappa shape index (κ3) is 4.06. The van der Waals surface area contributed by atoms with Crippen LogP contribution in [-0.2, 0) is 14.3 Å². The summed E-state index contributed by atoms with van der Waals surface area (Å²) in [6.45, 7) is 1.80. The van der Waals surface area contributed by atoms with E-state index in [1.165, 1.54) is 7.11 Å². The van der Waals surface area contributed by atoms with Crippen LogP contribution in [0.4, 0.5) is 0 Å². The summed E-state index contributed by atoms with van der Waals surface area (Å²) >= 11 is 0.